The summed E-state index contributed by atoms with van der Waals surface area (Å²) in [6.45, 7) is 22.8. The van der Waals surface area contributed by atoms with Crippen molar-refractivity contribution in [1.29, 1.82) is 0 Å². The average molecular weight is 385 g/mol. The van der Waals surface area contributed by atoms with Crippen molar-refractivity contribution in [3.05, 3.63) is 0 Å². The van der Waals surface area contributed by atoms with Crippen LogP contribution >= 0.6 is 0 Å². The molecule has 1 fully saturated rings. The Morgan fingerprint density at radius 2 is 1.60 bits per heavy atom. The molecule has 0 spiro atoms. The SMILES string of the molecule is C[C@@H]1[C@@H](O[Si](C)(C)C(C)(C)C)[C@@H](C)[C@@H](CCO)O[C@@H]1C#C[Si](C)(C)C. The van der Waals surface area contributed by atoms with E-state index in [9.17, 15) is 5.11 Å². The van der Waals surface area contributed by atoms with Crippen molar-refractivity contribution in [2.45, 2.75) is 97.1 Å². The lowest BCUT2D eigenvalue weighted by Crippen LogP contribution is -2.55. The molecule has 0 aromatic carbocycles. The van der Waals surface area contributed by atoms with Gasteiger partial charge in [0.25, 0.3) is 0 Å². The summed E-state index contributed by atoms with van der Waals surface area (Å²) in [7, 11) is -3.32. The highest BCUT2D eigenvalue weighted by Gasteiger charge is 2.47. The normalized spacial score (nSPS) is 31.4. The van der Waals surface area contributed by atoms with Crippen LogP contribution < -0.4 is 0 Å². The maximum absolute atomic E-state index is 9.45. The van der Waals surface area contributed by atoms with Crippen molar-refractivity contribution in [3.63, 3.8) is 0 Å². The molecule has 0 aliphatic carbocycles. The molecule has 3 nitrogen and oxygen atoms in total. The summed E-state index contributed by atoms with van der Waals surface area (Å²) in [5.74, 6) is 3.92. The molecular weight excluding hydrogens is 344 g/mol. The predicted molar refractivity (Wildman–Crippen MR) is 112 cm³/mol. The first kappa shape index (κ1) is 22.9. The summed E-state index contributed by atoms with van der Waals surface area (Å²) >= 11 is 0. The summed E-state index contributed by atoms with van der Waals surface area (Å²) in [5, 5.41) is 9.63. The zero-order chi connectivity index (χ0) is 19.6. The second kappa shape index (κ2) is 8.27. The van der Waals surface area contributed by atoms with Crippen LogP contribution in [0.25, 0.3) is 0 Å². The Kier molecular flexibility index (Phi) is 7.58. The Hall–Kier alpha value is -0.126. The van der Waals surface area contributed by atoms with Gasteiger partial charge < -0.3 is 14.3 Å². The average Bonchev–Trinajstić information content (AvgIpc) is 2.43. The van der Waals surface area contributed by atoms with E-state index in [0.29, 0.717) is 6.42 Å². The van der Waals surface area contributed by atoms with Gasteiger partial charge in [0.2, 0.25) is 0 Å². The van der Waals surface area contributed by atoms with E-state index in [4.69, 9.17) is 9.16 Å². The third-order valence-electron chi connectivity index (χ3n) is 5.66. The minimum Gasteiger partial charge on any atom is -0.413 e. The van der Waals surface area contributed by atoms with Crippen LogP contribution in [-0.2, 0) is 9.16 Å². The third kappa shape index (κ3) is 6.21. The van der Waals surface area contributed by atoms with Crippen LogP contribution in [0.4, 0.5) is 0 Å². The van der Waals surface area contributed by atoms with Crippen molar-refractivity contribution in [2.24, 2.45) is 11.8 Å². The highest BCUT2D eigenvalue weighted by atomic mass is 28.4. The van der Waals surface area contributed by atoms with E-state index in [-0.39, 0.29) is 41.8 Å². The molecule has 0 saturated carbocycles. The lowest BCUT2D eigenvalue weighted by Gasteiger charge is -2.48. The van der Waals surface area contributed by atoms with E-state index in [1.165, 1.54) is 0 Å². The number of hydrogen-bond donors (Lipinski definition) is 1. The molecule has 1 N–H and O–H groups in total. The van der Waals surface area contributed by atoms with Crippen molar-refractivity contribution in [1.82, 2.24) is 0 Å². The number of ether oxygens (including phenoxy) is 1. The van der Waals surface area contributed by atoms with Gasteiger partial charge in [-0.05, 0) is 24.6 Å². The van der Waals surface area contributed by atoms with Crippen molar-refractivity contribution < 1.29 is 14.3 Å². The van der Waals surface area contributed by atoms with Gasteiger partial charge in [-0.1, -0.05) is 60.2 Å². The minimum absolute atomic E-state index is 0.0110. The largest absolute Gasteiger partial charge is 0.413 e. The second-order valence-corrected chi connectivity index (χ2v) is 19.7. The molecule has 1 heterocycles. The molecule has 0 aromatic heterocycles. The van der Waals surface area contributed by atoms with Crippen LogP contribution in [0.2, 0.25) is 37.8 Å². The first-order chi connectivity index (χ1) is 11.2. The van der Waals surface area contributed by atoms with Gasteiger partial charge in [0.05, 0.1) is 12.2 Å². The summed E-state index contributed by atoms with van der Waals surface area (Å²) in [6.07, 6.45) is 0.689. The number of rotatable bonds is 4. The summed E-state index contributed by atoms with van der Waals surface area (Å²) < 4.78 is 13.1. The molecule has 1 aliphatic heterocycles. The molecule has 0 aromatic rings. The quantitative estimate of drug-likeness (QED) is 0.565. The van der Waals surface area contributed by atoms with Gasteiger partial charge in [0, 0.05) is 18.4 Å². The smallest absolute Gasteiger partial charge is 0.192 e. The number of aliphatic hydroxyl groups excluding tert-OH is 1. The summed E-state index contributed by atoms with van der Waals surface area (Å²) in [5.41, 5.74) is 3.47. The van der Waals surface area contributed by atoms with Gasteiger partial charge in [0.15, 0.2) is 8.32 Å². The van der Waals surface area contributed by atoms with Crippen LogP contribution in [0, 0.1) is 23.3 Å². The molecule has 5 atom stereocenters. The highest BCUT2D eigenvalue weighted by Crippen LogP contribution is 2.42. The van der Waals surface area contributed by atoms with E-state index in [2.05, 4.69) is 78.8 Å². The zero-order valence-electron chi connectivity index (χ0n) is 18.1. The fraction of sp³-hybridized carbons (Fsp3) is 0.900. The molecule has 1 saturated heterocycles. The predicted octanol–water partition coefficient (Wildman–Crippen LogP) is 4.68. The molecular formula is C20H40O3Si2. The lowest BCUT2D eigenvalue weighted by molar-refractivity contribution is -0.143. The molecule has 0 bridgehead atoms. The van der Waals surface area contributed by atoms with Gasteiger partial charge in [-0.15, -0.1) is 5.54 Å². The van der Waals surface area contributed by atoms with Gasteiger partial charge in [0.1, 0.15) is 14.2 Å². The first-order valence-electron chi connectivity index (χ1n) is 9.66. The Bertz CT molecular complexity index is 494. The maximum Gasteiger partial charge on any atom is 0.192 e. The van der Waals surface area contributed by atoms with Crippen LogP contribution in [0.5, 0.6) is 0 Å². The van der Waals surface area contributed by atoms with Gasteiger partial charge >= 0.3 is 0 Å². The van der Waals surface area contributed by atoms with Crippen molar-refractivity contribution >= 4 is 16.4 Å². The Morgan fingerprint density at radius 1 is 1.04 bits per heavy atom. The summed E-state index contributed by atoms with van der Waals surface area (Å²) in [6, 6.07) is 0. The molecule has 5 heteroatoms. The fourth-order valence-corrected chi connectivity index (χ4v) is 4.98. The monoisotopic (exact) mass is 384 g/mol. The van der Waals surface area contributed by atoms with E-state index >= 15 is 0 Å². The molecule has 0 amide bonds. The van der Waals surface area contributed by atoms with Crippen LogP contribution in [-0.4, -0.2) is 46.4 Å². The molecule has 0 unspecified atom stereocenters. The van der Waals surface area contributed by atoms with Gasteiger partial charge in [-0.25, -0.2) is 0 Å². The highest BCUT2D eigenvalue weighted by molar-refractivity contribution is 6.83. The second-order valence-electron chi connectivity index (χ2n) is 10.2. The van der Waals surface area contributed by atoms with Crippen molar-refractivity contribution in [3.8, 4) is 11.5 Å². The van der Waals surface area contributed by atoms with E-state index in [1.807, 2.05) is 0 Å². The van der Waals surface area contributed by atoms with Gasteiger partial charge in [-0.2, -0.15) is 0 Å². The Labute approximate surface area is 158 Å². The van der Waals surface area contributed by atoms with Crippen LogP contribution in [0.1, 0.15) is 41.0 Å². The Balaban J connectivity index is 3.12. The molecule has 0 radical (unpaired) electrons. The van der Waals surface area contributed by atoms with Crippen LogP contribution in [0.3, 0.4) is 0 Å². The standard InChI is InChI=1S/C20H40O3Si2/c1-15-17(11-13-21)22-18(12-14-24(6,7)8)16(2)19(15)23-25(9,10)20(3,4)5/h15-19,21H,11,13H2,1-10H3/t15-,16-,17+,18+,19-/m0/s1. The summed E-state index contributed by atoms with van der Waals surface area (Å²) in [4.78, 5) is 0. The molecule has 1 aliphatic rings. The zero-order valence-corrected chi connectivity index (χ0v) is 20.1. The topological polar surface area (TPSA) is 38.7 Å². The number of aliphatic hydroxyl groups is 1. The van der Waals surface area contributed by atoms with E-state index in [1.54, 1.807) is 0 Å². The van der Waals surface area contributed by atoms with E-state index in [0.717, 1.165) is 0 Å². The molecule has 25 heavy (non-hydrogen) atoms. The van der Waals surface area contributed by atoms with Crippen molar-refractivity contribution in [2.75, 3.05) is 6.61 Å². The van der Waals surface area contributed by atoms with E-state index < -0.39 is 16.4 Å². The minimum atomic E-state index is -1.88. The Morgan fingerprint density at radius 3 is 2.04 bits per heavy atom. The molecule has 1 rings (SSSR count). The lowest BCUT2D eigenvalue weighted by atomic mass is 9.82. The third-order valence-corrected chi connectivity index (χ3v) is 11.0. The maximum atomic E-state index is 9.45. The van der Waals surface area contributed by atoms with Crippen LogP contribution in [0.15, 0.2) is 0 Å². The fourth-order valence-electron chi connectivity index (χ4n) is 2.94. The molecule has 146 valence electrons. The first-order valence-corrected chi connectivity index (χ1v) is 16.1. The van der Waals surface area contributed by atoms with Gasteiger partial charge in [-0.3, -0.25) is 0 Å². The number of hydrogen-bond acceptors (Lipinski definition) is 3.